The van der Waals surface area contributed by atoms with Gasteiger partial charge in [0.05, 0.1) is 5.56 Å². The van der Waals surface area contributed by atoms with Crippen LogP contribution >= 0.6 is 0 Å². The van der Waals surface area contributed by atoms with Gasteiger partial charge in [0, 0.05) is 18.5 Å². The number of esters is 1. The maximum Gasteiger partial charge on any atom is 0.340 e. The van der Waals surface area contributed by atoms with Crippen LogP contribution in [0.3, 0.4) is 0 Å². The molecule has 0 spiro atoms. The Balaban J connectivity index is 1.88. The van der Waals surface area contributed by atoms with Gasteiger partial charge in [-0.2, -0.15) is 0 Å². The number of likely N-dealkylation sites (tertiary alicyclic amines) is 1. The predicted octanol–water partition coefficient (Wildman–Crippen LogP) is 1.37. The summed E-state index contributed by atoms with van der Waals surface area (Å²) in [5.41, 5.74) is 1.11. The summed E-state index contributed by atoms with van der Waals surface area (Å²) in [6.45, 7) is 2.53. The maximum atomic E-state index is 12.3. The van der Waals surface area contributed by atoms with Crippen molar-refractivity contribution >= 4 is 17.8 Å². The second-order valence-corrected chi connectivity index (χ2v) is 5.49. The molecule has 2 aliphatic heterocycles. The van der Waals surface area contributed by atoms with Gasteiger partial charge in [-0.05, 0) is 18.9 Å². The molecule has 0 saturated carbocycles. The number of cyclic esters (lactones) is 1. The topological polar surface area (TPSA) is 75.7 Å². The highest BCUT2D eigenvalue weighted by molar-refractivity contribution is 5.96. The quantitative estimate of drug-likeness (QED) is 0.852. The Morgan fingerprint density at radius 2 is 2.14 bits per heavy atom. The van der Waals surface area contributed by atoms with Crippen molar-refractivity contribution in [3.05, 3.63) is 35.4 Å². The van der Waals surface area contributed by atoms with E-state index in [1.165, 1.54) is 4.90 Å². The molecule has 2 aliphatic rings. The van der Waals surface area contributed by atoms with E-state index in [0.29, 0.717) is 30.5 Å². The Kier molecular flexibility index (Phi) is 3.83. The summed E-state index contributed by atoms with van der Waals surface area (Å²) in [6.07, 6.45) is 0.773. The lowest BCUT2D eigenvalue weighted by molar-refractivity contribution is -0.145. The summed E-state index contributed by atoms with van der Waals surface area (Å²) in [6, 6.07) is 6.39. The van der Waals surface area contributed by atoms with Gasteiger partial charge < -0.3 is 10.1 Å². The van der Waals surface area contributed by atoms with Crippen LogP contribution < -0.4 is 5.32 Å². The van der Waals surface area contributed by atoms with Crippen molar-refractivity contribution in [1.82, 2.24) is 10.2 Å². The Bertz CT molecular complexity index is 628. The number of carbonyl (C=O) groups is 3. The summed E-state index contributed by atoms with van der Waals surface area (Å²) in [5, 5.41) is 2.81. The Morgan fingerprint density at radius 3 is 2.91 bits per heavy atom. The zero-order valence-corrected chi connectivity index (χ0v) is 12.4. The molecule has 3 rings (SSSR count). The molecular weight excluding hydrogens is 284 g/mol. The number of hydrogen-bond donors (Lipinski definition) is 1. The minimum Gasteiger partial charge on any atom is -0.433 e. The van der Waals surface area contributed by atoms with Crippen molar-refractivity contribution in [2.45, 2.75) is 38.5 Å². The van der Waals surface area contributed by atoms with Crippen LogP contribution in [0.15, 0.2) is 24.3 Å². The normalized spacial score (nSPS) is 23.4. The van der Waals surface area contributed by atoms with Crippen LogP contribution in [0, 0.1) is 0 Å². The van der Waals surface area contributed by atoms with E-state index in [1.807, 2.05) is 6.92 Å². The van der Waals surface area contributed by atoms with Crippen LogP contribution in [0.5, 0.6) is 0 Å². The molecule has 2 atom stereocenters. The number of nitrogens with one attached hydrogen (secondary N) is 1. The second kappa shape index (κ2) is 5.79. The lowest BCUT2D eigenvalue weighted by Gasteiger charge is -2.29. The Labute approximate surface area is 128 Å². The van der Waals surface area contributed by atoms with Crippen molar-refractivity contribution in [3.63, 3.8) is 0 Å². The molecule has 1 fully saturated rings. The highest BCUT2D eigenvalue weighted by atomic mass is 16.6. The van der Waals surface area contributed by atoms with Gasteiger partial charge in [0.15, 0.2) is 0 Å². The molecule has 6 heteroatoms. The Hall–Kier alpha value is -2.37. The van der Waals surface area contributed by atoms with Crippen LogP contribution in [0.1, 0.15) is 48.3 Å². The first-order valence-corrected chi connectivity index (χ1v) is 7.52. The van der Waals surface area contributed by atoms with E-state index >= 15 is 0 Å². The molecule has 1 aromatic carbocycles. The zero-order valence-electron chi connectivity index (χ0n) is 12.4. The van der Waals surface area contributed by atoms with Gasteiger partial charge in [-0.15, -0.1) is 0 Å². The summed E-state index contributed by atoms with van der Waals surface area (Å²) >= 11 is 0. The number of hydrogen-bond acceptors (Lipinski definition) is 4. The third-order valence-electron chi connectivity index (χ3n) is 4.03. The number of benzene rings is 1. The van der Waals surface area contributed by atoms with Crippen molar-refractivity contribution < 1.29 is 19.1 Å². The summed E-state index contributed by atoms with van der Waals surface area (Å²) in [7, 11) is 0. The van der Waals surface area contributed by atoms with Gasteiger partial charge in [0.2, 0.25) is 18.0 Å². The number of carbonyl (C=O) groups excluding carboxylic acids is 3. The van der Waals surface area contributed by atoms with Crippen molar-refractivity contribution in [1.29, 1.82) is 0 Å². The molecule has 0 aliphatic carbocycles. The van der Waals surface area contributed by atoms with Crippen LogP contribution in [0.2, 0.25) is 0 Å². The highest BCUT2D eigenvalue weighted by Gasteiger charge is 2.46. The summed E-state index contributed by atoms with van der Waals surface area (Å²) in [4.78, 5) is 37.8. The fourth-order valence-electron chi connectivity index (χ4n) is 2.95. The summed E-state index contributed by atoms with van der Waals surface area (Å²) < 4.78 is 5.36. The number of ether oxygens (including phenoxy) is 1. The van der Waals surface area contributed by atoms with E-state index in [-0.39, 0.29) is 11.8 Å². The molecule has 0 radical (unpaired) electrons. The molecule has 1 N–H and O–H groups in total. The van der Waals surface area contributed by atoms with E-state index in [2.05, 4.69) is 5.32 Å². The van der Waals surface area contributed by atoms with Gasteiger partial charge in [-0.3, -0.25) is 14.5 Å². The van der Waals surface area contributed by atoms with Crippen LogP contribution in [0.25, 0.3) is 0 Å². The third-order valence-corrected chi connectivity index (χ3v) is 4.03. The lowest BCUT2D eigenvalue weighted by atomic mass is 10.1. The van der Waals surface area contributed by atoms with Crippen LogP contribution in [-0.2, 0) is 14.3 Å². The molecule has 1 aromatic rings. The number of nitrogens with zero attached hydrogens (tertiary/aromatic N) is 1. The van der Waals surface area contributed by atoms with Gasteiger partial charge in [-0.25, -0.2) is 4.79 Å². The first-order chi connectivity index (χ1) is 10.6. The standard InChI is InChI=1S/C16H18N2O4/c1-2-9-17-14(20)12-7-8-13(19)18(12)15-10-5-3-4-6-11(10)16(21)22-15/h3-6,12,15H,2,7-9H2,1H3,(H,17,20)/t12-,15-/m0/s1. The SMILES string of the molecule is CCCNC(=O)[C@@H]1CCC(=O)N1[C@H]1OC(=O)c2ccccc21. The molecule has 1 saturated heterocycles. The molecule has 116 valence electrons. The first-order valence-electron chi connectivity index (χ1n) is 7.52. The smallest absolute Gasteiger partial charge is 0.340 e. The predicted molar refractivity (Wildman–Crippen MR) is 77.8 cm³/mol. The molecule has 0 unspecified atom stereocenters. The van der Waals surface area contributed by atoms with Gasteiger partial charge >= 0.3 is 5.97 Å². The van der Waals surface area contributed by atoms with Gasteiger partial charge in [0.1, 0.15) is 6.04 Å². The lowest BCUT2D eigenvalue weighted by Crippen LogP contribution is -2.46. The fourth-order valence-corrected chi connectivity index (χ4v) is 2.95. The van der Waals surface area contributed by atoms with E-state index < -0.39 is 18.2 Å². The van der Waals surface area contributed by atoms with E-state index in [4.69, 9.17) is 4.74 Å². The molecule has 6 nitrogen and oxygen atoms in total. The largest absolute Gasteiger partial charge is 0.433 e. The van der Waals surface area contributed by atoms with Crippen molar-refractivity contribution in [3.8, 4) is 0 Å². The minimum atomic E-state index is -0.795. The molecular formula is C16H18N2O4. The molecule has 2 heterocycles. The molecule has 0 aromatic heterocycles. The molecule has 2 amide bonds. The maximum absolute atomic E-state index is 12.3. The van der Waals surface area contributed by atoms with E-state index in [0.717, 1.165) is 6.42 Å². The zero-order chi connectivity index (χ0) is 15.7. The van der Waals surface area contributed by atoms with Crippen molar-refractivity contribution in [2.24, 2.45) is 0 Å². The van der Waals surface area contributed by atoms with E-state index in [1.54, 1.807) is 24.3 Å². The first kappa shape index (κ1) is 14.6. The van der Waals surface area contributed by atoms with Crippen LogP contribution in [0.4, 0.5) is 0 Å². The summed E-state index contributed by atoms with van der Waals surface area (Å²) in [5.74, 6) is -0.799. The van der Waals surface area contributed by atoms with Gasteiger partial charge in [0.25, 0.3) is 0 Å². The van der Waals surface area contributed by atoms with E-state index in [9.17, 15) is 14.4 Å². The Morgan fingerprint density at radius 1 is 1.36 bits per heavy atom. The fraction of sp³-hybridized carbons (Fsp3) is 0.438. The van der Waals surface area contributed by atoms with Gasteiger partial charge in [-0.1, -0.05) is 25.1 Å². The second-order valence-electron chi connectivity index (χ2n) is 5.49. The minimum absolute atomic E-state index is 0.161. The average Bonchev–Trinajstić information content (AvgIpc) is 3.06. The monoisotopic (exact) mass is 302 g/mol. The molecule has 0 bridgehead atoms. The number of fused-ring (bicyclic) bond motifs is 1. The van der Waals surface area contributed by atoms with Crippen LogP contribution in [-0.4, -0.2) is 35.3 Å². The molecule has 22 heavy (non-hydrogen) atoms. The average molecular weight is 302 g/mol. The highest BCUT2D eigenvalue weighted by Crippen LogP contribution is 2.38. The third kappa shape index (κ3) is 2.34. The number of rotatable bonds is 4. The van der Waals surface area contributed by atoms with Crippen molar-refractivity contribution in [2.75, 3.05) is 6.54 Å². The number of amides is 2.